The van der Waals surface area contributed by atoms with Gasteiger partial charge in [-0.15, -0.1) is 0 Å². The number of hydrogen-bond donors (Lipinski definition) is 20. The third kappa shape index (κ3) is 28.1. The Hall–Kier alpha value is -10.6. The number of benzene rings is 2. The molecular formula is C68H95N19O20S3. The summed E-state index contributed by atoms with van der Waals surface area (Å²) in [5.74, 6) is -19.1. The van der Waals surface area contributed by atoms with E-state index in [4.69, 9.17) is 22.6 Å². The number of primary amides is 1. The Bertz CT molecular complexity index is 3760. The number of aromatic nitrogens is 2. The number of H-pyrrole nitrogens is 1. The van der Waals surface area contributed by atoms with E-state index < -0.39 is 223 Å². The van der Waals surface area contributed by atoms with E-state index in [1.807, 2.05) is 0 Å². The summed E-state index contributed by atoms with van der Waals surface area (Å²) in [4.78, 5) is 233. The van der Waals surface area contributed by atoms with Crippen LogP contribution in [-0.4, -0.2) is 269 Å². The minimum absolute atomic E-state index is 0.0140. The van der Waals surface area contributed by atoms with Crippen molar-refractivity contribution in [1.29, 1.82) is 5.41 Å². The third-order valence-electron chi connectivity index (χ3n) is 17.9. The average Bonchev–Trinajstić information content (AvgIpc) is 1.62. The number of fused-ring (bicyclic) bond motifs is 2. The molecule has 2 aromatic carbocycles. The van der Waals surface area contributed by atoms with Crippen LogP contribution in [0.15, 0.2) is 73.2 Å². The molecule has 14 atom stereocenters. The number of imidazole rings is 1. The van der Waals surface area contributed by atoms with Gasteiger partial charge in [0.1, 0.15) is 72.5 Å². The van der Waals surface area contributed by atoms with E-state index in [1.165, 1.54) is 34.1 Å². The summed E-state index contributed by atoms with van der Waals surface area (Å²) >= 11 is 1.41. The molecule has 3 saturated heterocycles. The van der Waals surface area contributed by atoms with Crippen LogP contribution >= 0.6 is 33.3 Å². The van der Waals surface area contributed by atoms with E-state index in [9.17, 15) is 87.5 Å². The highest BCUT2D eigenvalue weighted by atomic mass is 33.1. The molecule has 42 heteroatoms. The number of guanidine groups is 1. The first-order chi connectivity index (χ1) is 52.3. The maximum atomic E-state index is 15.1. The second-order valence-corrected chi connectivity index (χ2v) is 29.8. The number of aliphatic hydroxyl groups is 1. The van der Waals surface area contributed by atoms with Crippen LogP contribution in [0.1, 0.15) is 94.4 Å². The molecule has 4 heterocycles. The van der Waals surface area contributed by atoms with Crippen LogP contribution in [0, 0.1) is 5.41 Å². The van der Waals surface area contributed by atoms with Crippen LogP contribution in [-0.2, 0) is 96.0 Å². The van der Waals surface area contributed by atoms with Gasteiger partial charge in [-0.1, -0.05) is 82.3 Å². The summed E-state index contributed by atoms with van der Waals surface area (Å²) in [6.07, 6.45) is -1.31. The average molecular weight is 1590 g/mol. The van der Waals surface area contributed by atoms with Gasteiger partial charge in [0, 0.05) is 63.0 Å². The molecular weight excluding hydrogens is 1500 g/mol. The zero-order chi connectivity index (χ0) is 80.7. The van der Waals surface area contributed by atoms with Gasteiger partial charge in [0.05, 0.1) is 37.0 Å². The minimum atomic E-state index is -2.15. The number of nitrogens with zero attached hydrogens (tertiary/aromatic N) is 3. The van der Waals surface area contributed by atoms with Crippen molar-refractivity contribution < 1.29 is 97.1 Å². The molecule has 3 aromatic rings. The van der Waals surface area contributed by atoms with Crippen molar-refractivity contribution in [1.82, 2.24) is 78.3 Å². The van der Waals surface area contributed by atoms with Crippen LogP contribution < -0.4 is 75.7 Å². The zero-order valence-electron chi connectivity index (χ0n) is 60.3. The number of nitrogens with one attached hydrogen (secondary N) is 13. The van der Waals surface area contributed by atoms with Crippen LogP contribution in [0.2, 0.25) is 0 Å². The molecule has 0 radical (unpaired) electrons. The Balaban J connectivity index is 1.39. The number of carbonyl (C=O) groups is 16. The molecule has 23 N–H and O–H groups in total. The first-order valence-corrected chi connectivity index (χ1v) is 39.1. The Morgan fingerprint density at radius 2 is 1.19 bits per heavy atom. The highest BCUT2D eigenvalue weighted by molar-refractivity contribution is 8.76. The van der Waals surface area contributed by atoms with E-state index in [-0.39, 0.29) is 76.0 Å². The van der Waals surface area contributed by atoms with Crippen molar-refractivity contribution in [2.45, 2.75) is 181 Å². The van der Waals surface area contributed by atoms with E-state index in [0.717, 1.165) is 28.5 Å². The number of amides is 13. The molecule has 39 nitrogen and oxygen atoms in total. The van der Waals surface area contributed by atoms with E-state index in [1.54, 1.807) is 66.9 Å². The van der Waals surface area contributed by atoms with Gasteiger partial charge in [0.15, 0.2) is 5.96 Å². The fraction of sp³-hybridized carbons (Fsp3) is 0.529. The first-order valence-electron chi connectivity index (χ1n) is 35.2. The SMILES string of the molecule is CSCC[C@H](N)C(=O)N[C@H]1CSSC[C@@H](C(=O)N[C@@H](CC(=O)O)C(=O)N[C@@H](Cc2c[nH]cn2)C(=O)N[C@@H](Cc2ccccc2)C(=O)N[C@@H](CCCNC(=N)N)C(=O)N[C@@H](CC(=O)O)C(N)=O)NC(=O)[C@H](Cc2ccccc2)NC(=O)[C@H](CCC(=O)O)NC(=O)[C@H]([C@@H](C)O)NC(=O)[C@@H]2CCCN2C(=O)[C@@H]2CCCN2C1=O. The molecule has 0 saturated carbocycles. The van der Waals surface area contributed by atoms with Crippen LogP contribution in [0.3, 0.4) is 0 Å². The van der Waals surface area contributed by atoms with Crippen molar-refractivity contribution in [3.63, 3.8) is 0 Å². The fourth-order valence-electron chi connectivity index (χ4n) is 12.1. The second kappa shape index (κ2) is 44.2. The number of rotatable bonds is 34. The van der Waals surface area contributed by atoms with E-state index in [0.29, 0.717) is 29.7 Å². The Kier molecular flexibility index (Phi) is 35.5. The number of carboxylic acids is 3. The summed E-state index contributed by atoms with van der Waals surface area (Å²) < 4.78 is 0. The molecule has 110 heavy (non-hydrogen) atoms. The number of thioether (sulfide) groups is 1. The van der Waals surface area contributed by atoms with Gasteiger partial charge < -0.3 is 111 Å². The molecule has 0 spiro atoms. The number of aliphatic hydroxyl groups excluding tert-OH is 1. The van der Waals surface area contributed by atoms with Gasteiger partial charge in [0.2, 0.25) is 76.8 Å². The number of hydrogen-bond acceptors (Lipinski definition) is 23. The largest absolute Gasteiger partial charge is 0.481 e. The van der Waals surface area contributed by atoms with Gasteiger partial charge in [-0.05, 0) is 81.4 Å². The highest BCUT2D eigenvalue weighted by Crippen LogP contribution is 2.29. The third-order valence-corrected chi connectivity index (χ3v) is 20.9. The summed E-state index contributed by atoms with van der Waals surface area (Å²) in [6, 6.07) is -5.19. The predicted octanol–water partition coefficient (Wildman–Crippen LogP) is -5.31. The Labute approximate surface area is 643 Å². The lowest BCUT2D eigenvalue weighted by atomic mass is 10.0. The molecule has 0 unspecified atom stereocenters. The summed E-state index contributed by atoms with van der Waals surface area (Å²) in [7, 11) is 1.69. The molecule has 3 fully saturated rings. The summed E-state index contributed by atoms with van der Waals surface area (Å²) in [6.45, 7) is 1.18. The molecule has 13 amide bonds. The van der Waals surface area contributed by atoms with E-state index in [2.05, 4.69) is 68.5 Å². The van der Waals surface area contributed by atoms with E-state index >= 15 is 9.59 Å². The Morgan fingerprint density at radius 3 is 1.78 bits per heavy atom. The molecule has 600 valence electrons. The zero-order valence-corrected chi connectivity index (χ0v) is 62.7. The number of carboxylic acid groups (broad SMARTS) is 3. The fourth-order valence-corrected chi connectivity index (χ4v) is 14.9. The Morgan fingerprint density at radius 1 is 0.636 bits per heavy atom. The first kappa shape index (κ1) is 88.3. The smallest absolute Gasteiger partial charge is 0.305 e. The predicted molar refractivity (Wildman–Crippen MR) is 399 cm³/mol. The number of aromatic amines is 1. The van der Waals surface area contributed by atoms with Crippen molar-refractivity contribution in [2.75, 3.05) is 43.1 Å². The normalized spacial score (nSPS) is 21.4. The minimum Gasteiger partial charge on any atom is -0.481 e. The van der Waals surface area contributed by atoms with Gasteiger partial charge in [-0.3, -0.25) is 82.1 Å². The monoisotopic (exact) mass is 1590 g/mol. The molecule has 0 bridgehead atoms. The van der Waals surface area contributed by atoms with Crippen molar-refractivity contribution in [3.05, 3.63) is 90.0 Å². The summed E-state index contributed by atoms with van der Waals surface area (Å²) in [5.41, 5.74) is 18.1. The molecule has 6 rings (SSSR count). The van der Waals surface area contributed by atoms with Crippen molar-refractivity contribution in [3.8, 4) is 0 Å². The lowest BCUT2D eigenvalue weighted by Gasteiger charge is -2.33. The highest BCUT2D eigenvalue weighted by Gasteiger charge is 2.46. The second-order valence-electron chi connectivity index (χ2n) is 26.3. The number of aliphatic carboxylic acids is 3. The van der Waals surface area contributed by atoms with Crippen LogP contribution in [0.25, 0.3) is 0 Å². The molecule has 0 aliphatic carbocycles. The lowest BCUT2D eigenvalue weighted by molar-refractivity contribution is -0.148. The van der Waals surface area contributed by atoms with Crippen LogP contribution in [0.4, 0.5) is 0 Å². The van der Waals surface area contributed by atoms with Gasteiger partial charge in [-0.2, -0.15) is 11.8 Å². The summed E-state index contributed by atoms with van der Waals surface area (Å²) in [5, 5.41) is 75.5. The van der Waals surface area contributed by atoms with Gasteiger partial charge in [-0.25, -0.2) is 4.98 Å². The van der Waals surface area contributed by atoms with Gasteiger partial charge >= 0.3 is 17.9 Å². The van der Waals surface area contributed by atoms with Crippen LogP contribution in [0.5, 0.6) is 0 Å². The molecule has 3 aliphatic heterocycles. The van der Waals surface area contributed by atoms with Gasteiger partial charge in [0.25, 0.3) is 0 Å². The quantitative estimate of drug-likeness (QED) is 0.0115. The number of nitrogens with two attached hydrogens (primary N) is 3. The van der Waals surface area contributed by atoms with Crippen molar-refractivity contribution in [2.24, 2.45) is 17.2 Å². The lowest BCUT2D eigenvalue weighted by Crippen LogP contribution is -2.62. The molecule has 3 aliphatic rings. The molecule has 1 aromatic heterocycles. The maximum absolute atomic E-state index is 15.1. The number of carbonyl (C=O) groups excluding carboxylic acids is 13. The maximum Gasteiger partial charge on any atom is 0.305 e. The van der Waals surface area contributed by atoms with Crippen molar-refractivity contribution >= 4 is 134 Å². The topological polar surface area (TPSA) is 623 Å². The standard InChI is InChI=1S/C68H95N19O20S3/c1-35(88)54-65(105)77-41(19-20-51(89)90)58(98)79-44(27-37-14-7-4-8-15-37)60(100)83-47(32-109-110-33-48(84-56(96)39(69)21-25-108-2)66(106)87-24-11-18-50(87)67(107)86-23-10-17-49(86)64(104)85-54)63(103)82-46(30-53(93)94)62(102)81-45(28-38-31-73-34-75-38)61(101)80-43(26-36-12-5-3-6-13-36)59(99)76-40(16-9-22-74-68(71)72)57(97)78-42(55(70)95)29-52(91)92/h3-8,12-15,31,34-35,39-50,54,88H,9-11,16-30,32-33,69H2,1-2H3,(H2,70,95)(H,73,75)(H,76,99)(H,77,105)(H,78,97)(H,79,98)(H,80,101)(H,81,102)(H,82,103)(H,83,100)(H,84,96)(H,85,104)(H,89,90)(H,91,92)(H,93,94)(H4,71,72,74)/t35-,39+,40+,41+,42+,43+,44+,45+,46+,47+,48+,49+,50+,54+/m1/s1.